The van der Waals surface area contributed by atoms with E-state index in [0.717, 1.165) is 28.4 Å². The Morgan fingerprint density at radius 3 is 1.55 bits per heavy atom. The predicted octanol–water partition coefficient (Wildman–Crippen LogP) is 14.9. The third-order valence-electron chi connectivity index (χ3n) is 11.5. The lowest BCUT2D eigenvalue weighted by Crippen LogP contribution is -2.10. The molecule has 0 N–H and O–H groups in total. The van der Waals surface area contributed by atoms with Crippen LogP contribution in [0.2, 0.25) is 0 Å². The van der Waals surface area contributed by atoms with E-state index in [0.29, 0.717) is 0 Å². The number of anilines is 3. The minimum Gasteiger partial charge on any atom is -0.310 e. The molecule has 0 bridgehead atoms. The molecule has 9 aromatic carbocycles. The van der Waals surface area contributed by atoms with Gasteiger partial charge >= 0.3 is 0 Å². The minimum atomic E-state index is 1.10. The lowest BCUT2D eigenvalue weighted by molar-refractivity contribution is 1.17. The van der Waals surface area contributed by atoms with Gasteiger partial charge in [-0.15, -0.1) is 11.3 Å². The predicted molar refractivity (Wildman–Crippen MR) is 240 cm³/mol. The van der Waals surface area contributed by atoms with Crippen molar-refractivity contribution in [1.29, 1.82) is 0 Å². The maximum absolute atomic E-state index is 2.42. The van der Waals surface area contributed by atoms with Crippen LogP contribution in [0.4, 0.5) is 17.1 Å². The summed E-state index contributed by atoms with van der Waals surface area (Å²) in [4.78, 5) is 2.42. The molecule has 56 heavy (non-hydrogen) atoms. The fourth-order valence-electron chi connectivity index (χ4n) is 8.94. The van der Waals surface area contributed by atoms with Crippen LogP contribution in [0.1, 0.15) is 0 Å². The average molecular weight is 732 g/mol. The van der Waals surface area contributed by atoms with E-state index < -0.39 is 0 Å². The van der Waals surface area contributed by atoms with E-state index in [9.17, 15) is 0 Å². The summed E-state index contributed by atoms with van der Waals surface area (Å²) in [5.74, 6) is 0. The topological polar surface area (TPSA) is 13.1 Å². The van der Waals surface area contributed by atoms with Gasteiger partial charge in [0.05, 0.1) is 22.1 Å². The molecular formula is C52H33N3S. The van der Waals surface area contributed by atoms with E-state index in [-0.39, 0.29) is 0 Å². The molecule has 3 aromatic heterocycles. The molecule has 12 rings (SSSR count). The van der Waals surface area contributed by atoms with E-state index in [1.54, 1.807) is 0 Å². The molecule has 0 radical (unpaired) electrons. The Balaban J connectivity index is 1.07. The molecule has 0 amide bonds. The molecule has 0 saturated carbocycles. The van der Waals surface area contributed by atoms with E-state index in [2.05, 4.69) is 214 Å². The fraction of sp³-hybridized carbons (Fsp3) is 0. The molecule has 262 valence electrons. The Kier molecular flexibility index (Phi) is 6.80. The van der Waals surface area contributed by atoms with Crippen LogP contribution >= 0.6 is 11.3 Å². The number of fused-ring (bicyclic) bond motifs is 10. The van der Waals surface area contributed by atoms with Crippen LogP contribution in [-0.4, -0.2) is 9.13 Å². The quantitative estimate of drug-likeness (QED) is 0.172. The third-order valence-corrected chi connectivity index (χ3v) is 12.6. The van der Waals surface area contributed by atoms with Crippen molar-refractivity contribution in [3.05, 3.63) is 200 Å². The molecule has 0 aliphatic carbocycles. The van der Waals surface area contributed by atoms with Crippen molar-refractivity contribution < 1.29 is 0 Å². The van der Waals surface area contributed by atoms with Gasteiger partial charge in [-0.2, -0.15) is 0 Å². The Hall–Kier alpha value is -7.14. The first-order chi connectivity index (χ1) is 27.8. The molecule has 3 nitrogen and oxygen atoms in total. The Bertz CT molecular complexity index is 3480. The highest BCUT2D eigenvalue weighted by molar-refractivity contribution is 7.25. The van der Waals surface area contributed by atoms with E-state index in [4.69, 9.17) is 0 Å². The number of aromatic nitrogens is 2. The molecule has 0 aliphatic heterocycles. The van der Waals surface area contributed by atoms with Crippen molar-refractivity contribution in [2.45, 2.75) is 0 Å². The zero-order chi connectivity index (χ0) is 36.7. The van der Waals surface area contributed by atoms with Crippen LogP contribution in [0.3, 0.4) is 0 Å². The highest BCUT2D eigenvalue weighted by Crippen LogP contribution is 2.43. The van der Waals surface area contributed by atoms with Crippen molar-refractivity contribution in [1.82, 2.24) is 9.13 Å². The highest BCUT2D eigenvalue weighted by Gasteiger charge is 2.20. The summed E-state index contributed by atoms with van der Waals surface area (Å²) in [6.07, 6.45) is 0. The number of hydrogen-bond acceptors (Lipinski definition) is 2. The molecule has 0 saturated heterocycles. The van der Waals surface area contributed by atoms with Crippen molar-refractivity contribution in [3.8, 4) is 11.4 Å². The number of hydrogen-bond donors (Lipinski definition) is 0. The van der Waals surface area contributed by atoms with Crippen LogP contribution in [0.15, 0.2) is 200 Å². The first-order valence-corrected chi connectivity index (χ1v) is 19.9. The molecular weight excluding hydrogens is 699 g/mol. The summed E-state index contributed by atoms with van der Waals surface area (Å²) in [5, 5.41) is 10.1. The standard InChI is InChI=1S/C52H33N3S/c1-2-14-36(15-3-1)54-47-19-9-7-17-42(47)45-32-39(26-28-49(45)54)53(40-27-29-52-46(33-40)43-18-8-11-21-51(43)56-52)37-22-24-38(25-23-37)55-48-20-10-6-16-41(48)44-30-34-12-4-5-13-35(34)31-50(44)55/h1-33H. The summed E-state index contributed by atoms with van der Waals surface area (Å²) in [6.45, 7) is 0. The largest absolute Gasteiger partial charge is 0.310 e. The molecule has 0 aliphatic rings. The fourth-order valence-corrected chi connectivity index (χ4v) is 10.0. The van der Waals surface area contributed by atoms with Crippen LogP contribution in [0.5, 0.6) is 0 Å². The third kappa shape index (κ3) is 4.70. The zero-order valence-electron chi connectivity index (χ0n) is 30.3. The summed E-state index contributed by atoms with van der Waals surface area (Å²) < 4.78 is 7.40. The molecule has 0 atom stereocenters. The van der Waals surface area contributed by atoms with Crippen molar-refractivity contribution >= 4 is 103 Å². The van der Waals surface area contributed by atoms with Gasteiger partial charge in [0.1, 0.15) is 0 Å². The van der Waals surface area contributed by atoms with E-state index >= 15 is 0 Å². The maximum Gasteiger partial charge on any atom is 0.0547 e. The number of rotatable bonds is 5. The van der Waals surface area contributed by atoms with Gasteiger partial charge in [0.25, 0.3) is 0 Å². The van der Waals surface area contributed by atoms with Gasteiger partial charge in [0.15, 0.2) is 0 Å². The lowest BCUT2D eigenvalue weighted by Gasteiger charge is -2.26. The number of para-hydroxylation sites is 3. The Morgan fingerprint density at radius 1 is 0.304 bits per heavy atom. The summed E-state index contributed by atoms with van der Waals surface area (Å²) in [6, 6.07) is 73.3. The van der Waals surface area contributed by atoms with Gasteiger partial charge < -0.3 is 14.0 Å². The second kappa shape index (κ2) is 12.2. The van der Waals surface area contributed by atoms with Crippen molar-refractivity contribution in [2.24, 2.45) is 0 Å². The lowest BCUT2D eigenvalue weighted by atomic mass is 10.1. The smallest absolute Gasteiger partial charge is 0.0547 e. The summed E-state index contributed by atoms with van der Waals surface area (Å²) in [5.41, 5.74) is 10.4. The van der Waals surface area contributed by atoms with Gasteiger partial charge in [-0.25, -0.2) is 0 Å². The first kappa shape index (κ1) is 31.2. The van der Waals surface area contributed by atoms with Crippen molar-refractivity contribution in [3.63, 3.8) is 0 Å². The molecule has 3 heterocycles. The van der Waals surface area contributed by atoms with E-state index in [1.165, 1.54) is 74.6 Å². The van der Waals surface area contributed by atoms with Crippen LogP contribution in [0.25, 0.3) is 85.9 Å². The Labute approximate surface area is 327 Å². The number of thiophene rings is 1. The normalized spacial score (nSPS) is 11.9. The van der Waals surface area contributed by atoms with Crippen LogP contribution in [0, 0.1) is 0 Å². The number of nitrogens with zero attached hydrogens (tertiary/aromatic N) is 3. The van der Waals surface area contributed by atoms with E-state index in [1.807, 2.05) is 11.3 Å². The monoisotopic (exact) mass is 731 g/mol. The zero-order valence-corrected chi connectivity index (χ0v) is 31.1. The molecule has 0 spiro atoms. The second-order valence-electron chi connectivity index (χ2n) is 14.6. The number of benzene rings is 9. The maximum atomic E-state index is 2.42. The first-order valence-electron chi connectivity index (χ1n) is 19.1. The molecule has 4 heteroatoms. The molecule has 0 unspecified atom stereocenters. The van der Waals surface area contributed by atoms with Gasteiger partial charge in [0, 0.05) is 70.2 Å². The van der Waals surface area contributed by atoms with Crippen LogP contribution in [-0.2, 0) is 0 Å². The molecule has 0 fully saturated rings. The van der Waals surface area contributed by atoms with Gasteiger partial charge in [-0.3, -0.25) is 0 Å². The van der Waals surface area contributed by atoms with Gasteiger partial charge in [-0.1, -0.05) is 97.1 Å². The van der Waals surface area contributed by atoms with Gasteiger partial charge in [-0.05, 0) is 114 Å². The van der Waals surface area contributed by atoms with Crippen molar-refractivity contribution in [2.75, 3.05) is 4.90 Å². The summed E-state index contributed by atoms with van der Waals surface area (Å²) in [7, 11) is 0. The summed E-state index contributed by atoms with van der Waals surface area (Å²) >= 11 is 1.86. The average Bonchev–Trinajstić information content (AvgIpc) is 3.91. The Morgan fingerprint density at radius 2 is 0.804 bits per heavy atom. The van der Waals surface area contributed by atoms with Gasteiger partial charge in [0.2, 0.25) is 0 Å². The van der Waals surface area contributed by atoms with Crippen LogP contribution < -0.4 is 4.90 Å². The second-order valence-corrected chi connectivity index (χ2v) is 15.7. The highest BCUT2D eigenvalue weighted by atomic mass is 32.1. The SMILES string of the molecule is c1ccc(-n2c3ccccc3c3cc(N(c4ccc(-n5c6ccccc6c6cc7ccccc7cc65)cc4)c4ccc5sc6ccccc6c5c4)ccc32)cc1. The molecule has 12 aromatic rings. The minimum absolute atomic E-state index is 1.10.